The number of ether oxygens (including phenoxy) is 1. The highest BCUT2D eigenvalue weighted by Crippen LogP contribution is 2.29. The summed E-state index contributed by atoms with van der Waals surface area (Å²) in [6.07, 6.45) is 0. The molecule has 0 aromatic heterocycles. The van der Waals surface area contributed by atoms with E-state index in [9.17, 15) is 9.59 Å². The monoisotopic (exact) mass is 284 g/mol. The Kier molecular flexibility index (Phi) is 2.82. The number of carbonyl (C=O) groups is 2. The summed E-state index contributed by atoms with van der Waals surface area (Å²) in [5, 5.41) is 4.70. The summed E-state index contributed by atoms with van der Waals surface area (Å²) in [5.74, 6) is 0.187. The molecule has 1 fully saturated rings. The van der Waals surface area contributed by atoms with Crippen LogP contribution < -0.4 is 15.4 Å². The Labute approximate surface area is 100 Å². The molecule has 1 unspecified atom stereocenters. The zero-order chi connectivity index (χ0) is 11.7. The molecule has 0 radical (unpaired) electrons. The molecule has 2 N–H and O–H groups in total. The lowest BCUT2D eigenvalue weighted by Crippen LogP contribution is -2.22. The minimum Gasteiger partial charge on any atom is -0.496 e. The predicted octanol–water partition coefficient (Wildman–Crippen LogP) is 1.34. The van der Waals surface area contributed by atoms with Crippen molar-refractivity contribution in [3.05, 3.63) is 28.2 Å². The van der Waals surface area contributed by atoms with E-state index in [-0.39, 0.29) is 5.91 Å². The number of hydrogen-bond donors (Lipinski definition) is 2. The molecule has 0 spiro atoms. The molecule has 3 amide bonds. The van der Waals surface area contributed by atoms with Gasteiger partial charge in [-0.15, -0.1) is 0 Å². The second-order valence-electron chi connectivity index (χ2n) is 3.28. The summed E-state index contributed by atoms with van der Waals surface area (Å²) < 4.78 is 5.96. The van der Waals surface area contributed by atoms with Crippen LogP contribution in [0.4, 0.5) is 4.79 Å². The van der Waals surface area contributed by atoms with E-state index in [1.165, 1.54) is 7.11 Å². The highest BCUT2D eigenvalue weighted by Gasteiger charge is 2.32. The molecule has 6 heteroatoms. The number of amides is 3. The van der Waals surface area contributed by atoms with Crippen molar-refractivity contribution in [2.24, 2.45) is 0 Å². The number of carbonyl (C=O) groups excluding carboxylic acids is 2. The smallest absolute Gasteiger partial charge is 0.322 e. The number of rotatable bonds is 2. The maximum atomic E-state index is 11.5. The minimum absolute atomic E-state index is 0.374. The molecule has 1 aromatic rings. The molecule has 1 aliphatic rings. The Morgan fingerprint density at radius 2 is 2.12 bits per heavy atom. The summed E-state index contributed by atoms with van der Waals surface area (Å²) in [7, 11) is 1.52. The van der Waals surface area contributed by atoms with Crippen LogP contribution in [0, 0.1) is 0 Å². The molecule has 2 rings (SSSR count). The summed E-state index contributed by atoms with van der Waals surface area (Å²) in [6.45, 7) is 0. The molecular formula is C10H9BrN2O3. The highest BCUT2D eigenvalue weighted by molar-refractivity contribution is 9.10. The van der Waals surface area contributed by atoms with E-state index in [1.54, 1.807) is 18.2 Å². The lowest BCUT2D eigenvalue weighted by atomic mass is 10.1. The lowest BCUT2D eigenvalue weighted by Gasteiger charge is -2.12. The number of urea groups is 1. The molecule has 1 atom stereocenters. The van der Waals surface area contributed by atoms with E-state index in [0.717, 1.165) is 4.47 Å². The van der Waals surface area contributed by atoms with Crippen LogP contribution in [0.25, 0.3) is 0 Å². The van der Waals surface area contributed by atoms with Crippen molar-refractivity contribution in [3.8, 4) is 5.75 Å². The molecule has 1 aromatic carbocycles. The normalized spacial score (nSPS) is 19.2. The van der Waals surface area contributed by atoms with Gasteiger partial charge in [-0.25, -0.2) is 4.79 Å². The molecule has 1 saturated heterocycles. The maximum Gasteiger partial charge on any atom is 0.322 e. The average molecular weight is 285 g/mol. The summed E-state index contributed by atoms with van der Waals surface area (Å²) in [5.41, 5.74) is 0.625. The third-order valence-electron chi connectivity index (χ3n) is 2.28. The summed E-state index contributed by atoms with van der Waals surface area (Å²) in [4.78, 5) is 22.5. The Bertz CT molecular complexity index is 461. The first-order valence-electron chi connectivity index (χ1n) is 4.56. The zero-order valence-electron chi connectivity index (χ0n) is 8.41. The van der Waals surface area contributed by atoms with Gasteiger partial charge in [0.2, 0.25) is 0 Å². The average Bonchev–Trinajstić information content (AvgIpc) is 2.57. The second kappa shape index (κ2) is 4.13. The van der Waals surface area contributed by atoms with E-state index in [1.807, 2.05) is 0 Å². The SMILES string of the molecule is COc1ccc(Br)cc1C1NC(=O)NC1=O. The second-order valence-corrected chi connectivity index (χ2v) is 4.20. The van der Waals surface area contributed by atoms with Crippen LogP contribution in [0.2, 0.25) is 0 Å². The topological polar surface area (TPSA) is 67.4 Å². The molecule has 0 aliphatic carbocycles. The van der Waals surface area contributed by atoms with E-state index in [0.29, 0.717) is 11.3 Å². The molecule has 0 saturated carbocycles. The standard InChI is InChI=1S/C10H9BrN2O3/c1-16-7-3-2-5(11)4-6(7)8-9(14)13-10(15)12-8/h2-4,8H,1H3,(H2,12,13,14,15). The third-order valence-corrected chi connectivity index (χ3v) is 2.77. The lowest BCUT2D eigenvalue weighted by molar-refractivity contribution is -0.120. The van der Waals surface area contributed by atoms with Crippen LogP contribution in [0.1, 0.15) is 11.6 Å². The van der Waals surface area contributed by atoms with Crippen molar-refractivity contribution >= 4 is 27.9 Å². The van der Waals surface area contributed by atoms with Gasteiger partial charge in [0.25, 0.3) is 5.91 Å². The van der Waals surface area contributed by atoms with Crippen LogP contribution in [-0.4, -0.2) is 19.0 Å². The first-order valence-corrected chi connectivity index (χ1v) is 5.36. The molecule has 84 valence electrons. The van der Waals surface area contributed by atoms with E-state index in [4.69, 9.17) is 4.74 Å². The number of methoxy groups -OCH3 is 1. The predicted molar refractivity (Wildman–Crippen MR) is 60.1 cm³/mol. The quantitative estimate of drug-likeness (QED) is 0.806. The van der Waals surface area contributed by atoms with E-state index in [2.05, 4.69) is 26.6 Å². The minimum atomic E-state index is -0.694. The van der Waals surface area contributed by atoms with E-state index < -0.39 is 12.1 Å². The van der Waals surface area contributed by atoms with Gasteiger partial charge >= 0.3 is 6.03 Å². The third kappa shape index (κ3) is 1.88. The first kappa shape index (κ1) is 10.9. The Balaban J connectivity index is 2.42. The maximum absolute atomic E-state index is 11.5. The van der Waals surface area contributed by atoms with Crippen LogP contribution in [0.15, 0.2) is 22.7 Å². The number of imide groups is 1. The highest BCUT2D eigenvalue weighted by atomic mass is 79.9. The largest absolute Gasteiger partial charge is 0.496 e. The van der Waals surface area contributed by atoms with Crippen molar-refractivity contribution in [2.45, 2.75) is 6.04 Å². The fourth-order valence-electron chi connectivity index (χ4n) is 1.57. The molecule has 5 nitrogen and oxygen atoms in total. The number of nitrogens with one attached hydrogen (secondary N) is 2. The van der Waals surface area contributed by atoms with Gasteiger partial charge in [0.15, 0.2) is 0 Å². The number of halogens is 1. The molecule has 16 heavy (non-hydrogen) atoms. The fraction of sp³-hybridized carbons (Fsp3) is 0.200. The Morgan fingerprint density at radius 1 is 1.38 bits per heavy atom. The molecule has 1 aliphatic heterocycles. The van der Waals surface area contributed by atoms with Crippen LogP contribution in [0.3, 0.4) is 0 Å². The van der Waals surface area contributed by atoms with Gasteiger partial charge in [-0.05, 0) is 18.2 Å². The van der Waals surface area contributed by atoms with Crippen LogP contribution in [0.5, 0.6) is 5.75 Å². The van der Waals surface area contributed by atoms with Gasteiger partial charge < -0.3 is 10.1 Å². The molecule has 1 heterocycles. The van der Waals surface area contributed by atoms with Gasteiger partial charge in [0.1, 0.15) is 11.8 Å². The van der Waals surface area contributed by atoms with Crippen LogP contribution in [-0.2, 0) is 4.79 Å². The van der Waals surface area contributed by atoms with Gasteiger partial charge in [-0.3, -0.25) is 10.1 Å². The van der Waals surface area contributed by atoms with Crippen molar-refractivity contribution in [2.75, 3.05) is 7.11 Å². The van der Waals surface area contributed by atoms with Crippen molar-refractivity contribution in [1.29, 1.82) is 0 Å². The first-order chi connectivity index (χ1) is 7.61. The van der Waals surface area contributed by atoms with Gasteiger partial charge in [-0.2, -0.15) is 0 Å². The Morgan fingerprint density at radius 3 is 2.69 bits per heavy atom. The molecule has 0 bridgehead atoms. The van der Waals surface area contributed by atoms with Gasteiger partial charge in [-0.1, -0.05) is 15.9 Å². The van der Waals surface area contributed by atoms with Gasteiger partial charge in [0, 0.05) is 10.0 Å². The summed E-state index contributed by atoms with van der Waals surface area (Å²) >= 11 is 3.31. The van der Waals surface area contributed by atoms with E-state index >= 15 is 0 Å². The number of benzene rings is 1. The zero-order valence-corrected chi connectivity index (χ0v) is 10.00. The fourth-order valence-corrected chi connectivity index (χ4v) is 1.95. The van der Waals surface area contributed by atoms with Crippen molar-refractivity contribution < 1.29 is 14.3 Å². The van der Waals surface area contributed by atoms with Crippen molar-refractivity contribution in [1.82, 2.24) is 10.6 Å². The van der Waals surface area contributed by atoms with Gasteiger partial charge in [0.05, 0.1) is 7.11 Å². The van der Waals surface area contributed by atoms with Crippen LogP contribution >= 0.6 is 15.9 Å². The Hall–Kier alpha value is -1.56. The molecular weight excluding hydrogens is 276 g/mol. The van der Waals surface area contributed by atoms with Crippen molar-refractivity contribution in [3.63, 3.8) is 0 Å². The number of hydrogen-bond acceptors (Lipinski definition) is 3. The summed E-state index contributed by atoms with van der Waals surface area (Å²) in [6, 6.07) is 4.10.